The maximum absolute atomic E-state index is 9.68. The van der Waals surface area contributed by atoms with E-state index in [2.05, 4.69) is 20.6 Å². The Morgan fingerprint density at radius 1 is 1.32 bits per heavy atom. The zero-order valence-electron chi connectivity index (χ0n) is 11.6. The smallest absolute Gasteiger partial charge is 0.132 e. The van der Waals surface area contributed by atoms with Gasteiger partial charge >= 0.3 is 0 Å². The molecule has 0 atom stereocenters. The standard InChI is InChI=1S/C13H22N4O2/c1-3-10-15-11(14-2)8-12(16-10)17-13(9-18)4-6-19-7-5-13/h8,18H,3-7,9H2,1-2H3,(H2,14,15,16,17). The van der Waals surface area contributed by atoms with Gasteiger partial charge in [0.15, 0.2) is 0 Å². The molecule has 1 aromatic rings. The molecule has 1 saturated heterocycles. The van der Waals surface area contributed by atoms with Crippen LogP contribution in [0.2, 0.25) is 0 Å². The number of aliphatic hydroxyl groups excluding tert-OH is 1. The van der Waals surface area contributed by atoms with E-state index in [-0.39, 0.29) is 12.1 Å². The van der Waals surface area contributed by atoms with E-state index in [0.29, 0.717) is 13.2 Å². The molecule has 0 radical (unpaired) electrons. The largest absolute Gasteiger partial charge is 0.394 e. The number of hydrogen-bond donors (Lipinski definition) is 3. The fourth-order valence-electron chi connectivity index (χ4n) is 2.20. The van der Waals surface area contributed by atoms with E-state index in [9.17, 15) is 5.11 Å². The van der Waals surface area contributed by atoms with Crippen molar-refractivity contribution in [2.24, 2.45) is 0 Å². The lowest BCUT2D eigenvalue weighted by Crippen LogP contribution is -2.47. The molecule has 106 valence electrons. The Balaban J connectivity index is 2.20. The second kappa shape index (κ2) is 6.16. The summed E-state index contributed by atoms with van der Waals surface area (Å²) in [5, 5.41) is 16.1. The third-order valence-electron chi connectivity index (χ3n) is 3.49. The number of rotatable bonds is 5. The zero-order valence-corrected chi connectivity index (χ0v) is 11.6. The third-order valence-corrected chi connectivity index (χ3v) is 3.49. The molecule has 19 heavy (non-hydrogen) atoms. The molecule has 3 N–H and O–H groups in total. The summed E-state index contributed by atoms with van der Waals surface area (Å²) in [6, 6.07) is 1.87. The summed E-state index contributed by atoms with van der Waals surface area (Å²) < 4.78 is 5.36. The van der Waals surface area contributed by atoms with Crippen molar-refractivity contribution in [2.75, 3.05) is 37.5 Å². The van der Waals surface area contributed by atoms with Crippen molar-refractivity contribution in [3.05, 3.63) is 11.9 Å². The van der Waals surface area contributed by atoms with Crippen LogP contribution in [-0.2, 0) is 11.2 Å². The average Bonchev–Trinajstić information content (AvgIpc) is 2.47. The van der Waals surface area contributed by atoms with Gasteiger partial charge in [0, 0.05) is 32.7 Å². The maximum Gasteiger partial charge on any atom is 0.132 e. The molecule has 0 spiro atoms. The summed E-state index contributed by atoms with van der Waals surface area (Å²) in [6.07, 6.45) is 2.34. The van der Waals surface area contributed by atoms with Gasteiger partial charge in [-0.1, -0.05) is 6.92 Å². The van der Waals surface area contributed by atoms with E-state index in [1.54, 1.807) is 0 Å². The van der Waals surface area contributed by atoms with Crippen LogP contribution in [0.4, 0.5) is 11.6 Å². The van der Waals surface area contributed by atoms with E-state index in [1.807, 2.05) is 20.0 Å². The lowest BCUT2D eigenvalue weighted by atomic mass is 9.91. The predicted molar refractivity (Wildman–Crippen MR) is 74.4 cm³/mol. The van der Waals surface area contributed by atoms with Gasteiger partial charge in [0.25, 0.3) is 0 Å². The Kier molecular flexibility index (Phi) is 4.55. The lowest BCUT2D eigenvalue weighted by molar-refractivity contribution is 0.0378. The number of hydrogen-bond acceptors (Lipinski definition) is 6. The SMILES string of the molecule is CCc1nc(NC)cc(NC2(CO)CCOCC2)n1. The Morgan fingerprint density at radius 3 is 2.58 bits per heavy atom. The van der Waals surface area contributed by atoms with Gasteiger partial charge in [0.1, 0.15) is 17.5 Å². The Bertz CT molecular complexity index is 397. The molecule has 2 heterocycles. The molecule has 0 unspecified atom stereocenters. The van der Waals surface area contributed by atoms with Gasteiger partial charge in [-0.25, -0.2) is 9.97 Å². The van der Waals surface area contributed by atoms with Crippen LogP contribution in [0.1, 0.15) is 25.6 Å². The minimum absolute atomic E-state index is 0.0801. The van der Waals surface area contributed by atoms with Crippen LogP contribution in [0.15, 0.2) is 6.07 Å². The molecule has 1 aromatic heterocycles. The van der Waals surface area contributed by atoms with Crippen LogP contribution in [0.25, 0.3) is 0 Å². The number of nitrogens with one attached hydrogen (secondary N) is 2. The fourth-order valence-corrected chi connectivity index (χ4v) is 2.20. The maximum atomic E-state index is 9.68. The van der Waals surface area contributed by atoms with Gasteiger partial charge in [-0.2, -0.15) is 0 Å². The quantitative estimate of drug-likeness (QED) is 0.739. The molecule has 0 saturated carbocycles. The van der Waals surface area contributed by atoms with Gasteiger partial charge in [0.05, 0.1) is 12.1 Å². The van der Waals surface area contributed by atoms with Crippen molar-refractivity contribution in [2.45, 2.75) is 31.7 Å². The highest BCUT2D eigenvalue weighted by Gasteiger charge is 2.32. The lowest BCUT2D eigenvalue weighted by Gasteiger charge is -2.36. The molecule has 2 rings (SSSR count). The summed E-state index contributed by atoms with van der Waals surface area (Å²) in [6.45, 7) is 3.43. The molecular formula is C13H22N4O2. The fraction of sp³-hybridized carbons (Fsp3) is 0.692. The minimum Gasteiger partial charge on any atom is -0.394 e. The van der Waals surface area contributed by atoms with E-state index in [1.165, 1.54) is 0 Å². The van der Waals surface area contributed by atoms with Crippen LogP contribution in [0.3, 0.4) is 0 Å². The molecule has 0 bridgehead atoms. The number of aryl methyl sites for hydroxylation is 1. The first-order chi connectivity index (χ1) is 9.21. The van der Waals surface area contributed by atoms with E-state index in [0.717, 1.165) is 36.7 Å². The zero-order chi connectivity index (χ0) is 13.7. The first kappa shape index (κ1) is 14.0. The number of nitrogens with zero attached hydrogens (tertiary/aromatic N) is 2. The average molecular weight is 266 g/mol. The molecule has 0 aromatic carbocycles. The molecular weight excluding hydrogens is 244 g/mol. The molecule has 0 aliphatic carbocycles. The Labute approximate surface area is 113 Å². The molecule has 1 aliphatic rings. The first-order valence-corrected chi connectivity index (χ1v) is 6.74. The van der Waals surface area contributed by atoms with Crippen molar-refractivity contribution in [3.63, 3.8) is 0 Å². The van der Waals surface area contributed by atoms with Crippen LogP contribution >= 0.6 is 0 Å². The summed E-state index contributed by atoms with van der Waals surface area (Å²) >= 11 is 0. The minimum atomic E-state index is -0.331. The monoisotopic (exact) mass is 266 g/mol. The summed E-state index contributed by atoms with van der Waals surface area (Å²) in [4.78, 5) is 8.84. The van der Waals surface area contributed by atoms with Crippen LogP contribution in [0.5, 0.6) is 0 Å². The van der Waals surface area contributed by atoms with E-state index in [4.69, 9.17) is 4.74 Å². The van der Waals surface area contributed by atoms with Crippen molar-refractivity contribution < 1.29 is 9.84 Å². The highest BCUT2D eigenvalue weighted by molar-refractivity contribution is 5.48. The number of aromatic nitrogens is 2. The molecule has 1 aliphatic heterocycles. The molecule has 0 amide bonds. The molecule has 6 nitrogen and oxygen atoms in total. The highest BCUT2D eigenvalue weighted by atomic mass is 16.5. The number of aliphatic hydroxyl groups is 1. The van der Waals surface area contributed by atoms with E-state index < -0.39 is 0 Å². The van der Waals surface area contributed by atoms with Gasteiger partial charge in [-0.15, -0.1) is 0 Å². The first-order valence-electron chi connectivity index (χ1n) is 6.74. The van der Waals surface area contributed by atoms with Gasteiger partial charge < -0.3 is 20.5 Å². The van der Waals surface area contributed by atoms with Crippen molar-refractivity contribution in [3.8, 4) is 0 Å². The van der Waals surface area contributed by atoms with Crippen molar-refractivity contribution in [1.29, 1.82) is 0 Å². The topological polar surface area (TPSA) is 79.3 Å². The number of anilines is 2. The summed E-state index contributed by atoms with van der Waals surface area (Å²) in [5.74, 6) is 2.33. The second-order valence-corrected chi connectivity index (χ2v) is 4.83. The Hall–Kier alpha value is -1.40. The summed E-state index contributed by atoms with van der Waals surface area (Å²) in [5.41, 5.74) is -0.331. The molecule has 1 fully saturated rings. The highest BCUT2D eigenvalue weighted by Crippen LogP contribution is 2.25. The van der Waals surface area contributed by atoms with E-state index >= 15 is 0 Å². The Morgan fingerprint density at radius 2 is 2.00 bits per heavy atom. The second-order valence-electron chi connectivity index (χ2n) is 4.83. The van der Waals surface area contributed by atoms with Gasteiger partial charge in [0.2, 0.25) is 0 Å². The van der Waals surface area contributed by atoms with Crippen molar-refractivity contribution in [1.82, 2.24) is 9.97 Å². The normalized spacial score (nSPS) is 18.1. The summed E-state index contributed by atoms with van der Waals surface area (Å²) in [7, 11) is 1.84. The van der Waals surface area contributed by atoms with Crippen molar-refractivity contribution >= 4 is 11.6 Å². The van der Waals surface area contributed by atoms with Gasteiger partial charge in [-0.3, -0.25) is 0 Å². The predicted octanol–water partition coefficient (Wildman–Crippen LogP) is 1.03. The van der Waals surface area contributed by atoms with Gasteiger partial charge in [-0.05, 0) is 12.8 Å². The third kappa shape index (κ3) is 3.33. The van der Waals surface area contributed by atoms with Crippen LogP contribution < -0.4 is 10.6 Å². The van der Waals surface area contributed by atoms with Crippen LogP contribution in [-0.4, -0.2) is 47.5 Å². The number of ether oxygens (including phenoxy) is 1. The molecule has 6 heteroatoms. The van der Waals surface area contributed by atoms with Crippen LogP contribution in [0, 0.1) is 0 Å².